The van der Waals surface area contributed by atoms with E-state index in [-0.39, 0.29) is 0 Å². The van der Waals surface area contributed by atoms with Gasteiger partial charge < -0.3 is 20.7 Å². The molecule has 0 spiro atoms. The summed E-state index contributed by atoms with van der Waals surface area (Å²) in [7, 11) is 4.02. The van der Waals surface area contributed by atoms with Crippen LogP contribution in [0.25, 0.3) is 0 Å². The van der Waals surface area contributed by atoms with Crippen LogP contribution in [-0.2, 0) is 0 Å². The Bertz CT molecular complexity index is 354. The van der Waals surface area contributed by atoms with Crippen molar-refractivity contribution in [3.63, 3.8) is 0 Å². The highest BCUT2D eigenvalue weighted by Gasteiger charge is 2.23. The maximum Gasteiger partial charge on any atom is 0.142 e. The third-order valence-corrected chi connectivity index (χ3v) is 2.78. The Kier molecular flexibility index (Phi) is 2.68. The zero-order valence-electron chi connectivity index (χ0n) is 9.16. The van der Waals surface area contributed by atoms with Crippen molar-refractivity contribution in [2.24, 2.45) is 0 Å². The Morgan fingerprint density at radius 2 is 2.40 bits per heavy atom. The van der Waals surface area contributed by atoms with Crippen molar-refractivity contribution >= 4 is 11.4 Å². The maximum absolute atomic E-state index is 5.77. The smallest absolute Gasteiger partial charge is 0.142 e. The van der Waals surface area contributed by atoms with Crippen LogP contribution in [0.4, 0.5) is 11.4 Å². The van der Waals surface area contributed by atoms with Crippen LogP contribution in [0, 0.1) is 0 Å². The normalized spacial score (nSPS) is 19.6. The number of likely N-dealkylation sites (N-methyl/N-ethyl adjacent to an activating group) is 2. The molecule has 15 heavy (non-hydrogen) atoms. The lowest BCUT2D eigenvalue weighted by Gasteiger charge is -2.35. The summed E-state index contributed by atoms with van der Waals surface area (Å²) in [6, 6.07) is 6.11. The van der Waals surface area contributed by atoms with E-state index in [1.165, 1.54) is 0 Å². The van der Waals surface area contributed by atoms with Gasteiger partial charge in [-0.2, -0.15) is 0 Å². The largest absolute Gasteiger partial charge is 0.489 e. The van der Waals surface area contributed by atoms with E-state index < -0.39 is 0 Å². The van der Waals surface area contributed by atoms with Gasteiger partial charge >= 0.3 is 0 Å². The van der Waals surface area contributed by atoms with Crippen molar-refractivity contribution in [1.29, 1.82) is 0 Å². The van der Waals surface area contributed by atoms with E-state index in [1.54, 1.807) is 0 Å². The van der Waals surface area contributed by atoms with Gasteiger partial charge in [0.05, 0.1) is 11.7 Å². The highest BCUT2D eigenvalue weighted by Crippen LogP contribution is 2.34. The lowest BCUT2D eigenvalue weighted by Crippen LogP contribution is -2.46. The molecule has 1 aliphatic heterocycles. The summed E-state index contributed by atoms with van der Waals surface area (Å²) in [5.74, 6) is 0.916. The van der Waals surface area contributed by atoms with Crippen molar-refractivity contribution in [3.8, 4) is 5.75 Å². The predicted octanol–water partition coefficient (Wildman–Crippen LogP) is 0.685. The van der Waals surface area contributed by atoms with Gasteiger partial charge in [0.25, 0.3) is 0 Å². The van der Waals surface area contributed by atoms with Gasteiger partial charge in [0, 0.05) is 19.3 Å². The molecule has 1 heterocycles. The summed E-state index contributed by atoms with van der Waals surface area (Å²) in [6.45, 7) is 1.62. The Labute approximate surface area is 90.0 Å². The van der Waals surface area contributed by atoms with Gasteiger partial charge in [-0.05, 0) is 25.2 Å². The number of rotatable bonds is 2. The van der Waals surface area contributed by atoms with E-state index in [1.807, 2.05) is 25.2 Å². The number of nitrogens with one attached hydrogen (secondary N) is 1. The van der Waals surface area contributed by atoms with Crippen molar-refractivity contribution in [2.75, 3.05) is 37.9 Å². The summed E-state index contributed by atoms with van der Waals surface area (Å²) < 4.78 is 5.68. The van der Waals surface area contributed by atoms with E-state index in [0.29, 0.717) is 12.6 Å². The van der Waals surface area contributed by atoms with E-state index in [4.69, 9.17) is 10.5 Å². The minimum atomic E-state index is 0.365. The Balaban J connectivity index is 2.28. The zero-order chi connectivity index (χ0) is 10.8. The second-order valence-corrected chi connectivity index (χ2v) is 3.86. The summed E-state index contributed by atoms with van der Waals surface area (Å²) in [5, 5.41) is 3.16. The Hall–Kier alpha value is -1.42. The number of hydrogen-bond donors (Lipinski definition) is 2. The van der Waals surface area contributed by atoms with Crippen molar-refractivity contribution in [2.45, 2.75) is 6.04 Å². The Morgan fingerprint density at radius 1 is 1.60 bits per heavy atom. The lowest BCUT2D eigenvalue weighted by molar-refractivity contribution is 0.264. The molecular weight excluding hydrogens is 190 g/mol. The summed E-state index contributed by atoms with van der Waals surface area (Å²) in [6.07, 6.45) is 0. The molecule has 0 saturated heterocycles. The third kappa shape index (κ3) is 1.85. The molecule has 3 N–H and O–H groups in total. The number of ether oxygens (including phenoxy) is 1. The van der Waals surface area contributed by atoms with Crippen molar-refractivity contribution in [1.82, 2.24) is 5.32 Å². The van der Waals surface area contributed by atoms with Gasteiger partial charge in [-0.3, -0.25) is 0 Å². The number of nitrogens with zero attached hydrogens (tertiary/aromatic N) is 1. The highest BCUT2D eigenvalue weighted by atomic mass is 16.5. The molecule has 1 aromatic carbocycles. The quantitative estimate of drug-likeness (QED) is 0.700. The number of benzene rings is 1. The van der Waals surface area contributed by atoms with E-state index in [0.717, 1.165) is 23.7 Å². The number of nitrogens with two attached hydrogens (primary N) is 1. The summed E-state index contributed by atoms with van der Waals surface area (Å²) in [4.78, 5) is 2.21. The van der Waals surface area contributed by atoms with Gasteiger partial charge in [0.2, 0.25) is 0 Å². The molecule has 1 unspecified atom stereocenters. The molecular formula is C11H17N3O. The fourth-order valence-corrected chi connectivity index (χ4v) is 1.86. The molecule has 0 fully saturated rings. The lowest BCUT2D eigenvalue weighted by atomic mass is 10.1. The first-order chi connectivity index (χ1) is 7.22. The topological polar surface area (TPSA) is 50.5 Å². The molecule has 2 rings (SSSR count). The molecule has 4 nitrogen and oxygen atoms in total. The van der Waals surface area contributed by atoms with Gasteiger partial charge in [-0.15, -0.1) is 0 Å². The number of hydrogen-bond acceptors (Lipinski definition) is 4. The van der Waals surface area contributed by atoms with E-state index in [9.17, 15) is 0 Å². The summed E-state index contributed by atoms with van der Waals surface area (Å²) >= 11 is 0. The second-order valence-electron chi connectivity index (χ2n) is 3.86. The van der Waals surface area contributed by atoms with Crippen LogP contribution in [0.5, 0.6) is 5.75 Å². The van der Waals surface area contributed by atoms with Gasteiger partial charge in [0.1, 0.15) is 12.4 Å². The Morgan fingerprint density at radius 3 is 3.13 bits per heavy atom. The minimum absolute atomic E-state index is 0.365. The minimum Gasteiger partial charge on any atom is -0.489 e. The molecule has 0 bridgehead atoms. The first-order valence-corrected chi connectivity index (χ1v) is 5.12. The molecule has 1 aromatic rings. The van der Waals surface area contributed by atoms with E-state index >= 15 is 0 Å². The van der Waals surface area contributed by atoms with Crippen LogP contribution in [0.1, 0.15) is 0 Å². The van der Waals surface area contributed by atoms with Crippen LogP contribution in [0.15, 0.2) is 18.2 Å². The first kappa shape index (κ1) is 10.1. The maximum atomic E-state index is 5.77. The molecule has 0 amide bonds. The zero-order valence-corrected chi connectivity index (χ0v) is 9.16. The average molecular weight is 207 g/mol. The molecule has 0 radical (unpaired) electrons. The fourth-order valence-electron chi connectivity index (χ4n) is 1.86. The van der Waals surface area contributed by atoms with Crippen molar-refractivity contribution in [3.05, 3.63) is 18.2 Å². The molecule has 4 heteroatoms. The molecule has 82 valence electrons. The van der Waals surface area contributed by atoms with Gasteiger partial charge in [-0.1, -0.05) is 0 Å². The molecule has 1 aliphatic rings. The SMILES string of the molecule is CNCC1COc2ccc(N)cc2N1C. The monoisotopic (exact) mass is 207 g/mol. The number of nitrogen functional groups attached to an aromatic ring is 1. The van der Waals surface area contributed by atoms with E-state index in [2.05, 4.69) is 17.3 Å². The van der Waals surface area contributed by atoms with Gasteiger partial charge in [0.15, 0.2) is 0 Å². The molecule has 0 aromatic heterocycles. The third-order valence-electron chi connectivity index (χ3n) is 2.78. The number of fused-ring (bicyclic) bond motifs is 1. The van der Waals surface area contributed by atoms with Crippen LogP contribution in [0.2, 0.25) is 0 Å². The fraction of sp³-hybridized carbons (Fsp3) is 0.455. The van der Waals surface area contributed by atoms with Crippen LogP contribution >= 0.6 is 0 Å². The van der Waals surface area contributed by atoms with Crippen LogP contribution < -0.4 is 20.7 Å². The van der Waals surface area contributed by atoms with Crippen molar-refractivity contribution < 1.29 is 4.74 Å². The van der Waals surface area contributed by atoms with Crippen LogP contribution in [0.3, 0.4) is 0 Å². The highest BCUT2D eigenvalue weighted by molar-refractivity contribution is 5.66. The standard InChI is InChI=1S/C11H17N3O/c1-13-6-9-7-15-11-4-3-8(12)5-10(11)14(9)2/h3-5,9,13H,6-7,12H2,1-2H3. The summed E-state index contributed by atoms with van der Waals surface area (Å²) in [5.41, 5.74) is 7.61. The number of anilines is 2. The van der Waals surface area contributed by atoms with Gasteiger partial charge in [-0.25, -0.2) is 0 Å². The first-order valence-electron chi connectivity index (χ1n) is 5.12. The molecule has 0 aliphatic carbocycles. The average Bonchev–Trinajstić information content (AvgIpc) is 2.23. The molecule has 0 saturated carbocycles. The second kappa shape index (κ2) is 3.98. The van der Waals surface area contributed by atoms with Crippen LogP contribution in [-0.4, -0.2) is 33.3 Å². The predicted molar refractivity (Wildman–Crippen MR) is 62.5 cm³/mol. The molecule has 1 atom stereocenters.